The van der Waals surface area contributed by atoms with Crippen molar-refractivity contribution in [3.8, 4) is 5.75 Å². The molecule has 2 aromatic rings. The summed E-state index contributed by atoms with van der Waals surface area (Å²) < 4.78 is 6.13. The Balaban J connectivity index is 1.88. The maximum absolute atomic E-state index is 12.1. The SMILES string of the molecule is COc1ccc(CCC(=O)NC(C)c2cccc(Br)c2)cc1Cl. The minimum atomic E-state index is -0.0283. The fourth-order valence-electron chi connectivity index (χ4n) is 2.30. The molecule has 2 aromatic carbocycles. The first-order valence-corrected chi connectivity index (χ1v) is 8.54. The molecule has 0 saturated heterocycles. The predicted octanol–water partition coefficient (Wildman–Crippen LogP) is 4.92. The van der Waals surface area contributed by atoms with Crippen molar-refractivity contribution in [2.75, 3.05) is 7.11 Å². The van der Waals surface area contributed by atoms with Gasteiger partial charge in [0.05, 0.1) is 18.2 Å². The Morgan fingerprint density at radius 3 is 2.74 bits per heavy atom. The van der Waals surface area contributed by atoms with E-state index in [-0.39, 0.29) is 11.9 Å². The van der Waals surface area contributed by atoms with Crippen LogP contribution in [-0.2, 0) is 11.2 Å². The Labute approximate surface area is 150 Å². The van der Waals surface area contributed by atoms with Crippen molar-refractivity contribution < 1.29 is 9.53 Å². The van der Waals surface area contributed by atoms with Crippen molar-refractivity contribution in [3.63, 3.8) is 0 Å². The van der Waals surface area contributed by atoms with E-state index >= 15 is 0 Å². The molecule has 3 nitrogen and oxygen atoms in total. The number of aryl methyl sites for hydroxylation is 1. The molecule has 0 aliphatic heterocycles. The molecule has 1 amide bonds. The highest BCUT2D eigenvalue weighted by atomic mass is 79.9. The third-order valence-electron chi connectivity index (χ3n) is 3.58. The number of ether oxygens (including phenoxy) is 1. The molecule has 0 bridgehead atoms. The molecule has 122 valence electrons. The normalized spacial score (nSPS) is 11.8. The standard InChI is InChI=1S/C18H19BrClNO2/c1-12(14-4-3-5-15(19)11-14)21-18(22)9-7-13-6-8-17(23-2)16(20)10-13/h3-6,8,10-12H,7,9H2,1-2H3,(H,21,22). The van der Waals surface area contributed by atoms with Crippen LogP contribution in [0.15, 0.2) is 46.9 Å². The number of methoxy groups -OCH3 is 1. The van der Waals surface area contributed by atoms with E-state index in [1.807, 2.05) is 49.4 Å². The Bertz CT molecular complexity index is 690. The van der Waals surface area contributed by atoms with Crippen molar-refractivity contribution in [2.45, 2.75) is 25.8 Å². The number of carbonyl (C=O) groups is 1. The Morgan fingerprint density at radius 2 is 2.09 bits per heavy atom. The number of amides is 1. The lowest BCUT2D eigenvalue weighted by Gasteiger charge is -2.15. The summed E-state index contributed by atoms with van der Waals surface area (Å²) in [7, 11) is 1.58. The van der Waals surface area contributed by atoms with Gasteiger partial charge in [-0.15, -0.1) is 0 Å². The number of hydrogen-bond acceptors (Lipinski definition) is 2. The molecule has 23 heavy (non-hydrogen) atoms. The van der Waals surface area contributed by atoms with Gasteiger partial charge in [-0.3, -0.25) is 4.79 Å². The van der Waals surface area contributed by atoms with Crippen LogP contribution in [0.2, 0.25) is 5.02 Å². The summed E-state index contributed by atoms with van der Waals surface area (Å²) in [5, 5.41) is 3.58. The van der Waals surface area contributed by atoms with Gasteiger partial charge in [-0.25, -0.2) is 0 Å². The topological polar surface area (TPSA) is 38.3 Å². The van der Waals surface area contributed by atoms with E-state index in [2.05, 4.69) is 21.2 Å². The molecular weight excluding hydrogens is 378 g/mol. The quantitative estimate of drug-likeness (QED) is 0.752. The molecule has 0 aromatic heterocycles. The average Bonchev–Trinajstić information content (AvgIpc) is 2.53. The number of hydrogen-bond donors (Lipinski definition) is 1. The van der Waals surface area contributed by atoms with Crippen molar-refractivity contribution in [1.82, 2.24) is 5.32 Å². The van der Waals surface area contributed by atoms with Crippen molar-refractivity contribution in [1.29, 1.82) is 0 Å². The van der Waals surface area contributed by atoms with E-state index in [1.165, 1.54) is 0 Å². The molecular formula is C18H19BrClNO2. The number of rotatable bonds is 6. The fraction of sp³-hybridized carbons (Fsp3) is 0.278. The van der Waals surface area contributed by atoms with Crippen LogP contribution >= 0.6 is 27.5 Å². The zero-order valence-electron chi connectivity index (χ0n) is 13.1. The van der Waals surface area contributed by atoms with E-state index in [0.717, 1.165) is 15.6 Å². The van der Waals surface area contributed by atoms with Crippen LogP contribution in [0.5, 0.6) is 5.75 Å². The van der Waals surface area contributed by atoms with E-state index in [1.54, 1.807) is 7.11 Å². The van der Waals surface area contributed by atoms with Gasteiger partial charge in [0.15, 0.2) is 0 Å². The summed E-state index contributed by atoms with van der Waals surface area (Å²) in [5.41, 5.74) is 2.08. The van der Waals surface area contributed by atoms with E-state index in [9.17, 15) is 4.79 Å². The summed E-state index contributed by atoms with van der Waals surface area (Å²) in [6.07, 6.45) is 1.06. The molecule has 1 unspecified atom stereocenters. The lowest BCUT2D eigenvalue weighted by atomic mass is 10.1. The third-order valence-corrected chi connectivity index (χ3v) is 4.37. The Morgan fingerprint density at radius 1 is 1.30 bits per heavy atom. The molecule has 0 saturated carbocycles. The second-order valence-electron chi connectivity index (χ2n) is 5.31. The molecule has 1 atom stereocenters. The minimum Gasteiger partial charge on any atom is -0.495 e. The van der Waals surface area contributed by atoms with Crippen LogP contribution in [-0.4, -0.2) is 13.0 Å². The largest absolute Gasteiger partial charge is 0.495 e. The van der Waals surface area contributed by atoms with Crippen LogP contribution in [0.25, 0.3) is 0 Å². The van der Waals surface area contributed by atoms with Crippen molar-refractivity contribution >= 4 is 33.4 Å². The molecule has 0 spiro atoms. The monoisotopic (exact) mass is 395 g/mol. The van der Waals surface area contributed by atoms with Gasteiger partial charge >= 0.3 is 0 Å². The van der Waals surface area contributed by atoms with Crippen LogP contribution in [0.4, 0.5) is 0 Å². The van der Waals surface area contributed by atoms with E-state index in [0.29, 0.717) is 23.6 Å². The van der Waals surface area contributed by atoms with E-state index < -0.39 is 0 Å². The van der Waals surface area contributed by atoms with Crippen LogP contribution in [0.1, 0.15) is 30.5 Å². The maximum Gasteiger partial charge on any atom is 0.220 e. The summed E-state index contributed by atoms with van der Waals surface area (Å²) in [5.74, 6) is 0.660. The second-order valence-corrected chi connectivity index (χ2v) is 6.64. The molecule has 1 N–H and O–H groups in total. The lowest BCUT2D eigenvalue weighted by molar-refractivity contribution is -0.121. The highest BCUT2D eigenvalue weighted by molar-refractivity contribution is 9.10. The Hall–Kier alpha value is -1.52. The summed E-state index contributed by atoms with van der Waals surface area (Å²) in [4.78, 5) is 12.1. The molecule has 0 fully saturated rings. The fourth-order valence-corrected chi connectivity index (χ4v) is 2.99. The highest BCUT2D eigenvalue weighted by Gasteiger charge is 2.10. The number of nitrogens with one attached hydrogen (secondary N) is 1. The molecule has 0 heterocycles. The van der Waals surface area contributed by atoms with Gasteiger partial charge in [-0.05, 0) is 48.7 Å². The first kappa shape index (κ1) is 17.8. The number of benzene rings is 2. The molecule has 5 heteroatoms. The van der Waals surface area contributed by atoms with Gasteiger partial charge in [0, 0.05) is 10.9 Å². The van der Waals surface area contributed by atoms with Crippen molar-refractivity contribution in [3.05, 3.63) is 63.1 Å². The van der Waals surface area contributed by atoms with Gasteiger partial charge in [-0.2, -0.15) is 0 Å². The van der Waals surface area contributed by atoms with E-state index in [4.69, 9.17) is 16.3 Å². The maximum atomic E-state index is 12.1. The smallest absolute Gasteiger partial charge is 0.220 e. The van der Waals surface area contributed by atoms with Gasteiger partial charge in [0.25, 0.3) is 0 Å². The third kappa shape index (κ3) is 5.26. The first-order chi connectivity index (χ1) is 11.0. The van der Waals surface area contributed by atoms with Gasteiger partial charge in [0.2, 0.25) is 5.91 Å². The highest BCUT2D eigenvalue weighted by Crippen LogP contribution is 2.25. The average molecular weight is 397 g/mol. The van der Waals surface area contributed by atoms with Gasteiger partial charge < -0.3 is 10.1 Å². The zero-order chi connectivity index (χ0) is 16.8. The minimum absolute atomic E-state index is 0.0180. The predicted molar refractivity (Wildman–Crippen MR) is 97.0 cm³/mol. The van der Waals surface area contributed by atoms with Crippen molar-refractivity contribution in [2.24, 2.45) is 0 Å². The zero-order valence-corrected chi connectivity index (χ0v) is 15.4. The number of halogens is 2. The molecule has 2 rings (SSSR count). The number of carbonyl (C=O) groups excluding carboxylic acids is 1. The van der Waals surface area contributed by atoms with Crippen LogP contribution < -0.4 is 10.1 Å². The Kier molecular flexibility index (Phi) is 6.48. The summed E-state index contributed by atoms with van der Waals surface area (Å²) in [6.45, 7) is 1.98. The van der Waals surface area contributed by atoms with Gasteiger partial charge in [-0.1, -0.05) is 45.7 Å². The second kappa shape index (κ2) is 8.37. The molecule has 0 aliphatic carbocycles. The molecule has 0 radical (unpaired) electrons. The lowest BCUT2D eigenvalue weighted by Crippen LogP contribution is -2.26. The van der Waals surface area contributed by atoms with Crippen LogP contribution in [0.3, 0.4) is 0 Å². The molecule has 0 aliphatic rings. The summed E-state index contributed by atoms with van der Waals surface area (Å²) in [6, 6.07) is 13.5. The van der Waals surface area contributed by atoms with Crippen LogP contribution in [0, 0.1) is 0 Å². The van der Waals surface area contributed by atoms with Gasteiger partial charge in [0.1, 0.15) is 5.75 Å². The summed E-state index contributed by atoms with van der Waals surface area (Å²) >= 11 is 9.54. The first-order valence-electron chi connectivity index (χ1n) is 7.37.